The first kappa shape index (κ1) is 14.8. The number of hydrogen-bond acceptors (Lipinski definition) is 3. The fourth-order valence-corrected chi connectivity index (χ4v) is 3.33. The molecule has 0 aromatic rings. The Morgan fingerprint density at radius 3 is 2.14 bits per heavy atom. The summed E-state index contributed by atoms with van der Waals surface area (Å²) < 4.78 is 5.51. The summed E-state index contributed by atoms with van der Waals surface area (Å²) >= 11 is 0. The van der Waals surface area contributed by atoms with Crippen molar-refractivity contribution in [3.8, 4) is 0 Å². The smallest absolute Gasteiger partial charge is 0.223 e. The highest BCUT2D eigenvalue weighted by Gasteiger charge is 2.32. The van der Waals surface area contributed by atoms with Gasteiger partial charge in [0.1, 0.15) is 0 Å². The van der Waals surface area contributed by atoms with Crippen molar-refractivity contribution in [3.63, 3.8) is 0 Å². The molecule has 1 atom stereocenters. The minimum Gasteiger partial charge on any atom is -0.376 e. The van der Waals surface area contributed by atoms with Gasteiger partial charge in [0.05, 0.1) is 6.10 Å². The van der Waals surface area contributed by atoms with Gasteiger partial charge < -0.3 is 15.4 Å². The van der Waals surface area contributed by atoms with Gasteiger partial charge in [-0.2, -0.15) is 0 Å². The van der Waals surface area contributed by atoms with Gasteiger partial charge in [0.25, 0.3) is 0 Å². The van der Waals surface area contributed by atoms with E-state index < -0.39 is 0 Å². The van der Waals surface area contributed by atoms with Crippen molar-refractivity contribution in [1.29, 1.82) is 0 Å². The maximum Gasteiger partial charge on any atom is 0.223 e. The van der Waals surface area contributed by atoms with Crippen LogP contribution < -0.4 is 10.6 Å². The Kier molecular flexibility index (Phi) is 4.78. The summed E-state index contributed by atoms with van der Waals surface area (Å²) in [6.07, 6.45) is 7.97. The molecule has 2 saturated carbocycles. The van der Waals surface area contributed by atoms with Gasteiger partial charge in [0, 0.05) is 31.0 Å². The van der Waals surface area contributed by atoms with Gasteiger partial charge in [-0.1, -0.05) is 0 Å². The third-order valence-corrected chi connectivity index (χ3v) is 4.92. The second kappa shape index (κ2) is 6.77. The van der Waals surface area contributed by atoms with Crippen molar-refractivity contribution >= 4 is 11.8 Å². The number of ether oxygens (including phenoxy) is 1. The molecule has 1 aliphatic heterocycles. The van der Waals surface area contributed by atoms with Crippen LogP contribution >= 0.6 is 0 Å². The van der Waals surface area contributed by atoms with Gasteiger partial charge in [-0.05, 0) is 51.4 Å². The van der Waals surface area contributed by atoms with Crippen molar-refractivity contribution < 1.29 is 14.3 Å². The van der Waals surface area contributed by atoms with E-state index in [2.05, 4.69) is 10.6 Å². The Morgan fingerprint density at radius 2 is 1.57 bits per heavy atom. The van der Waals surface area contributed by atoms with E-state index in [1.165, 1.54) is 0 Å². The maximum atomic E-state index is 12.2. The lowest BCUT2D eigenvalue weighted by molar-refractivity contribution is -0.130. The van der Waals surface area contributed by atoms with Gasteiger partial charge in [0.15, 0.2) is 0 Å². The SMILES string of the molecule is O=C(NCC1CCCO1)C1CCC(C(=O)NC2CC2)CC1. The van der Waals surface area contributed by atoms with Crippen LogP contribution in [0, 0.1) is 11.8 Å². The Balaban J connectivity index is 1.35. The zero-order chi connectivity index (χ0) is 14.7. The van der Waals surface area contributed by atoms with Crippen molar-refractivity contribution in [1.82, 2.24) is 10.6 Å². The van der Waals surface area contributed by atoms with Crippen LogP contribution in [0.5, 0.6) is 0 Å². The first-order valence-corrected chi connectivity index (χ1v) is 8.42. The molecular formula is C16H26N2O3. The lowest BCUT2D eigenvalue weighted by Gasteiger charge is -2.27. The number of hydrogen-bond donors (Lipinski definition) is 2. The fourth-order valence-electron chi connectivity index (χ4n) is 3.33. The van der Waals surface area contributed by atoms with Crippen LogP contribution in [-0.4, -0.2) is 37.1 Å². The largest absolute Gasteiger partial charge is 0.376 e. The molecule has 5 heteroatoms. The van der Waals surface area contributed by atoms with Crippen LogP contribution in [0.2, 0.25) is 0 Å². The normalized spacial score (nSPS) is 32.7. The van der Waals surface area contributed by atoms with E-state index in [-0.39, 0.29) is 29.8 Å². The van der Waals surface area contributed by atoms with Gasteiger partial charge in [-0.25, -0.2) is 0 Å². The average molecular weight is 294 g/mol. The second-order valence-electron chi connectivity index (χ2n) is 6.71. The molecule has 21 heavy (non-hydrogen) atoms. The van der Waals surface area contributed by atoms with Crippen LogP contribution in [0.1, 0.15) is 51.4 Å². The molecule has 3 aliphatic rings. The number of amides is 2. The average Bonchev–Trinajstić information content (AvgIpc) is 3.16. The first-order valence-electron chi connectivity index (χ1n) is 8.42. The third-order valence-electron chi connectivity index (χ3n) is 4.92. The Morgan fingerprint density at radius 1 is 0.905 bits per heavy atom. The highest BCUT2D eigenvalue weighted by Crippen LogP contribution is 2.30. The number of rotatable bonds is 5. The van der Waals surface area contributed by atoms with E-state index in [1.54, 1.807) is 0 Å². The molecule has 0 radical (unpaired) electrons. The number of carbonyl (C=O) groups is 2. The topological polar surface area (TPSA) is 67.4 Å². The van der Waals surface area contributed by atoms with Gasteiger partial charge >= 0.3 is 0 Å². The van der Waals surface area contributed by atoms with Crippen LogP contribution in [0.25, 0.3) is 0 Å². The molecule has 0 spiro atoms. The van der Waals surface area contributed by atoms with Gasteiger partial charge in [-0.15, -0.1) is 0 Å². The molecule has 0 bridgehead atoms. The summed E-state index contributed by atoms with van der Waals surface area (Å²) in [4.78, 5) is 24.1. The molecular weight excluding hydrogens is 268 g/mol. The predicted molar refractivity (Wildman–Crippen MR) is 78.6 cm³/mol. The molecule has 5 nitrogen and oxygen atoms in total. The summed E-state index contributed by atoms with van der Waals surface area (Å²) in [5, 5.41) is 6.09. The maximum absolute atomic E-state index is 12.2. The van der Waals surface area contributed by atoms with Crippen LogP contribution in [0.4, 0.5) is 0 Å². The molecule has 118 valence electrons. The highest BCUT2D eigenvalue weighted by atomic mass is 16.5. The zero-order valence-corrected chi connectivity index (χ0v) is 12.6. The molecule has 1 heterocycles. The van der Waals surface area contributed by atoms with E-state index >= 15 is 0 Å². The summed E-state index contributed by atoms with van der Waals surface area (Å²) in [5.74, 6) is 0.548. The quantitative estimate of drug-likeness (QED) is 0.804. The number of carbonyl (C=O) groups excluding carboxylic acids is 2. The third kappa shape index (κ3) is 4.19. The summed E-state index contributed by atoms with van der Waals surface area (Å²) in [6.45, 7) is 1.46. The van der Waals surface area contributed by atoms with E-state index in [0.717, 1.165) is 58.0 Å². The minimum absolute atomic E-state index is 0.0800. The van der Waals surface area contributed by atoms with E-state index in [4.69, 9.17) is 4.74 Å². The van der Waals surface area contributed by atoms with E-state index in [9.17, 15) is 9.59 Å². The summed E-state index contributed by atoms with van der Waals surface area (Å²) in [7, 11) is 0. The van der Waals surface area contributed by atoms with Gasteiger partial charge in [0.2, 0.25) is 11.8 Å². The fraction of sp³-hybridized carbons (Fsp3) is 0.875. The monoisotopic (exact) mass is 294 g/mol. The molecule has 1 saturated heterocycles. The lowest BCUT2D eigenvalue weighted by Crippen LogP contribution is -2.40. The molecule has 2 aliphatic carbocycles. The van der Waals surface area contributed by atoms with Crippen molar-refractivity contribution in [2.45, 2.75) is 63.5 Å². The van der Waals surface area contributed by atoms with Crippen LogP contribution in [0.15, 0.2) is 0 Å². The molecule has 3 rings (SSSR count). The highest BCUT2D eigenvalue weighted by molar-refractivity contribution is 5.81. The first-order chi connectivity index (χ1) is 10.2. The van der Waals surface area contributed by atoms with Crippen LogP contribution in [0.3, 0.4) is 0 Å². The van der Waals surface area contributed by atoms with Crippen molar-refractivity contribution in [3.05, 3.63) is 0 Å². The number of nitrogens with one attached hydrogen (secondary N) is 2. The van der Waals surface area contributed by atoms with Crippen LogP contribution in [-0.2, 0) is 14.3 Å². The second-order valence-corrected chi connectivity index (χ2v) is 6.71. The van der Waals surface area contributed by atoms with E-state index in [1.807, 2.05) is 0 Å². The minimum atomic E-state index is 0.0800. The summed E-state index contributed by atoms with van der Waals surface area (Å²) in [6, 6.07) is 0.435. The molecule has 3 fully saturated rings. The molecule has 1 unspecified atom stereocenters. The predicted octanol–water partition coefficient (Wildman–Crippen LogP) is 1.37. The van der Waals surface area contributed by atoms with E-state index in [0.29, 0.717) is 12.6 Å². The summed E-state index contributed by atoms with van der Waals surface area (Å²) in [5.41, 5.74) is 0. The standard InChI is InChI=1S/C16H26N2O3/c19-15(17-10-14-2-1-9-21-14)11-3-5-12(6-4-11)16(20)18-13-7-8-13/h11-14H,1-10H2,(H,17,19)(H,18,20). The zero-order valence-electron chi connectivity index (χ0n) is 12.6. The Hall–Kier alpha value is -1.10. The molecule has 0 aromatic heterocycles. The Labute approximate surface area is 126 Å². The molecule has 2 N–H and O–H groups in total. The lowest BCUT2D eigenvalue weighted by atomic mass is 9.81. The molecule has 0 aromatic carbocycles. The molecule has 2 amide bonds. The van der Waals surface area contributed by atoms with Crippen molar-refractivity contribution in [2.75, 3.05) is 13.2 Å². The van der Waals surface area contributed by atoms with Crippen molar-refractivity contribution in [2.24, 2.45) is 11.8 Å². The Bertz CT molecular complexity index is 381. The van der Waals surface area contributed by atoms with Gasteiger partial charge in [-0.3, -0.25) is 9.59 Å².